The van der Waals surface area contributed by atoms with E-state index in [1.165, 1.54) is 22.4 Å². The molecule has 2 aromatic rings. The van der Waals surface area contributed by atoms with Crippen molar-refractivity contribution < 1.29 is 0 Å². The Morgan fingerprint density at radius 2 is 2.12 bits per heavy atom. The highest BCUT2D eigenvalue weighted by atomic mass is 32.2. The highest BCUT2D eigenvalue weighted by Crippen LogP contribution is 2.25. The number of allylic oxidation sites excluding steroid dienone is 1. The Labute approximate surface area is 98.5 Å². The molecule has 1 N–H and O–H groups in total. The van der Waals surface area contributed by atoms with Gasteiger partial charge in [0.1, 0.15) is 0 Å². The first-order valence-corrected chi connectivity index (χ1v) is 5.63. The Balaban J connectivity index is 0.000000162. The summed E-state index contributed by atoms with van der Waals surface area (Å²) >= 11 is 1.52. The molecule has 0 fully saturated rings. The second-order valence-corrected chi connectivity index (χ2v) is 3.84. The van der Waals surface area contributed by atoms with E-state index in [-0.39, 0.29) is 0 Å². The average molecular weight is 229 g/mol. The summed E-state index contributed by atoms with van der Waals surface area (Å²) in [5, 5.41) is 0. The van der Waals surface area contributed by atoms with Crippen LogP contribution in [0.2, 0.25) is 0 Å². The fourth-order valence-electron chi connectivity index (χ4n) is 1.19. The zero-order chi connectivity index (χ0) is 11.1. The van der Waals surface area contributed by atoms with Crippen molar-refractivity contribution in [3.05, 3.63) is 54.6 Å². The smallest absolute Gasteiger partial charge is 0.0919 e. The highest BCUT2D eigenvalue weighted by molar-refractivity contribution is 7.98. The number of nitrogens with one attached hydrogen (secondary N) is 1. The van der Waals surface area contributed by atoms with Gasteiger partial charge in [0.25, 0.3) is 0 Å². The van der Waals surface area contributed by atoms with Crippen molar-refractivity contribution in [3.63, 3.8) is 0 Å². The molecule has 0 saturated heterocycles. The van der Waals surface area contributed by atoms with Crippen LogP contribution >= 0.6 is 11.9 Å². The monoisotopic (exact) mass is 229 g/mol. The highest BCUT2D eigenvalue weighted by Gasteiger charge is 1.98. The molecule has 0 aliphatic carbocycles. The predicted octanol–water partition coefficient (Wildman–Crippen LogP) is 3.20. The van der Waals surface area contributed by atoms with Gasteiger partial charge in [-0.15, -0.1) is 0 Å². The number of imidazole rings is 1. The van der Waals surface area contributed by atoms with Gasteiger partial charge in [0.05, 0.1) is 6.33 Å². The van der Waals surface area contributed by atoms with Gasteiger partial charge in [-0.2, -0.15) is 0 Å². The molecule has 80 valence electrons. The van der Waals surface area contributed by atoms with Crippen LogP contribution in [0.15, 0.2) is 58.4 Å². The van der Waals surface area contributed by atoms with Crippen LogP contribution in [0.25, 0.3) is 6.08 Å². The molecule has 16 heavy (non-hydrogen) atoms. The largest absolute Gasteiger partial charge is 0.351 e. The Morgan fingerprint density at radius 3 is 2.88 bits per heavy atom. The van der Waals surface area contributed by atoms with E-state index in [4.69, 9.17) is 0 Å². The third kappa shape index (κ3) is 3.10. The van der Waals surface area contributed by atoms with E-state index in [9.17, 15) is 0 Å². The van der Waals surface area contributed by atoms with Gasteiger partial charge < -0.3 is 4.98 Å². The number of rotatable bonds is 0. The molecular weight excluding hydrogens is 218 g/mol. The van der Waals surface area contributed by atoms with Gasteiger partial charge in [0.2, 0.25) is 0 Å². The Bertz CT molecular complexity index is 458. The van der Waals surface area contributed by atoms with Gasteiger partial charge in [0.15, 0.2) is 0 Å². The maximum Gasteiger partial charge on any atom is 0.0919 e. The van der Waals surface area contributed by atoms with Gasteiger partial charge >= 0.3 is 0 Å². The SMILES string of the molecule is C1=Cc2ccccc2SN=C1.c1c[nH]cn1. The summed E-state index contributed by atoms with van der Waals surface area (Å²) < 4.78 is 4.12. The van der Waals surface area contributed by atoms with Gasteiger partial charge in [-0.05, 0) is 17.7 Å². The summed E-state index contributed by atoms with van der Waals surface area (Å²) in [6.07, 6.45) is 10.9. The number of benzene rings is 1. The van der Waals surface area contributed by atoms with E-state index in [0.29, 0.717) is 0 Å². The molecule has 3 nitrogen and oxygen atoms in total. The lowest BCUT2D eigenvalue weighted by Crippen LogP contribution is -1.73. The topological polar surface area (TPSA) is 41.0 Å². The van der Waals surface area contributed by atoms with E-state index in [1.807, 2.05) is 24.4 Å². The molecule has 0 spiro atoms. The minimum absolute atomic E-state index is 1.22. The lowest BCUT2D eigenvalue weighted by Gasteiger charge is -1.97. The van der Waals surface area contributed by atoms with Crippen molar-refractivity contribution in [3.8, 4) is 0 Å². The van der Waals surface area contributed by atoms with Gasteiger partial charge in [0, 0.05) is 35.5 Å². The van der Waals surface area contributed by atoms with E-state index in [1.54, 1.807) is 18.7 Å². The van der Waals surface area contributed by atoms with Crippen molar-refractivity contribution in [2.45, 2.75) is 4.90 Å². The Kier molecular flexibility index (Phi) is 3.96. The van der Waals surface area contributed by atoms with E-state index in [2.05, 4.69) is 32.6 Å². The standard InChI is InChI=1S/C9H7NS.C3H4N2/c1-2-6-9-8(4-1)5-3-7-10-11-9;1-2-5-3-4-1/h1-7H;1-3H,(H,4,5). The van der Waals surface area contributed by atoms with Crippen LogP contribution in [0.3, 0.4) is 0 Å². The third-order valence-electron chi connectivity index (χ3n) is 1.90. The average Bonchev–Trinajstić information content (AvgIpc) is 2.81. The molecule has 0 amide bonds. The summed E-state index contributed by atoms with van der Waals surface area (Å²) in [5.74, 6) is 0. The minimum Gasteiger partial charge on any atom is -0.351 e. The molecule has 1 aliphatic rings. The summed E-state index contributed by atoms with van der Waals surface area (Å²) in [6.45, 7) is 0. The molecular formula is C12H11N3S. The molecule has 0 unspecified atom stereocenters. The number of H-pyrrole nitrogens is 1. The first-order chi connectivity index (χ1) is 7.97. The predicted molar refractivity (Wildman–Crippen MR) is 68.4 cm³/mol. The number of aromatic nitrogens is 2. The molecule has 0 radical (unpaired) electrons. The molecule has 3 rings (SSSR count). The molecule has 1 aliphatic heterocycles. The quantitative estimate of drug-likeness (QED) is 0.705. The van der Waals surface area contributed by atoms with Crippen LogP contribution in [-0.2, 0) is 0 Å². The lowest BCUT2D eigenvalue weighted by molar-refractivity contribution is 1.31. The fraction of sp³-hybridized carbons (Fsp3) is 0. The second kappa shape index (κ2) is 5.92. The number of nitrogens with zero attached hydrogens (tertiary/aromatic N) is 2. The molecule has 1 aromatic carbocycles. The summed E-state index contributed by atoms with van der Waals surface area (Å²) in [7, 11) is 0. The van der Waals surface area contributed by atoms with Crippen LogP contribution in [0.1, 0.15) is 5.56 Å². The Morgan fingerprint density at radius 1 is 1.19 bits per heavy atom. The van der Waals surface area contributed by atoms with Gasteiger partial charge in [-0.25, -0.2) is 9.38 Å². The fourth-order valence-corrected chi connectivity index (χ4v) is 1.81. The van der Waals surface area contributed by atoms with Gasteiger partial charge in [-0.3, -0.25) is 0 Å². The van der Waals surface area contributed by atoms with E-state index < -0.39 is 0 Å². The molecule has 0 atom stereocenters. The van der Waals surface area contributed by atoms with Crippen LogP contribution in [0.5, 0.6) is 0 Å². The molecule has 4 heteroatoms. The zero-order valence-corrected chi connectivity index (χ0v) is 9.39. The molecule has 1 aromatic heterocycles. The molecule has 0 bridgehead atoms. The molecule has 2 heterocycles. The van der Waals surface area contributed by atoms with E-state index in [0.717, 1.165) is 0 Å². The first-order valence-electron chi connectivity index (χ1n) is 4.85. The third-order valence-corrected chi connectivity index (χ3v) is 2.69. The summed E-state index contributed by atoms with van der Waals surface area (Å²) in [5.41, 5.74) is 1.25. The summed E-state index contributed by atoms with van der Waals surface area (Å²) in [6, 6.07) is 8.23. The van der Waals surface area contributed by atoms with Crippen LogP contribution < -0.4 is 0 Å². The number of hydrogen-bond acceptors (Lipinski definition) is 3. The van der Waals surface area contributed by atoms with E-state index >= 15 is 0 Å². The van der Waals surface area contributed by atoms with Crippen molar-refractivity contribution >= 4 is 24.2 Å². The van der Waals surface area contributed by atoms with Crippen molar-refractivity contribution in [2.75, 3.05) is 0 Å². The van der Waals surface area contributed by atoms with Crippen molar-refractivity contribution in [1.29, 1.82) is 0 Å². The number of hydrogen-bond donors (Lipinski definition) is 1. The lowest BCUT2D eigenvalue weighted by atomic mass is 10.2. The van der Waals surface area contributed by atoms with Crippen molar-refractivity contribution in [1.82, 2.24) is 9.97 Å². The van der Waals surface area contributed by atoms with Crippen LogP contribution in [0.4, 0.5) is 0 Å². The van der Waals surface area contributed by atoms with Crippen molar-refractivity contribution in [2.24, 2.45) is 4.40 Å². The number of fused-ring (bicyclic) bond motifs is 1. The zero-order valence-electron chi connectivity index (χ0n) is 8.58. The number of aromatic amines is 1. The molecule has 0 saturated carbocycles. The maximum atomic E-state index is 4.12. The normalized spacial score (nSPS) is 12.2. The Hall–Kier alpha value is -1.81. The first kappa shape index (κ1) is 10.7. The second-order valence-electron chi connectivity index (χ2n) is 3.00. The maximum absolute atomic E-state index is 4.12. The van der Waals surface area contributed by atoms with Crippen LogP contribution in [0, 0.1) is 0 Å². The summed E-state index contributed by atoms with van der Waals surface area (Å²) in [4.78, 5) is 7.64. The van der Waals surface area contributed by atoms with Gasteiger partial charge in [-0.1, -0.05) is 24.3 Å². The minimum atomic E-state index is 1.22. The van der Waals surface area contributed by atoms with Crippen LogP contribution in [-0.4, -0.2) is 16.2 Å².